The number of hydrogen-bond acceptors (Lipinski definition) is 3. The highest BCUT2D eigenvalue weighted by atomic mass is 32.1. The molecule has 2 heterocycles. The summed E-state index contributed by atoms with van der Waals surface area (Å²) in [6.45, 7) is 1.99. The summed E-state index contributed by atoms with van der Waals surface area (Å²) in [6.07, 6.45) is 2.78. The second-order valence-electron chi connectivity index (χ2n) is 9.11. The van der Waals surface area contributed by atoms with Crippen molar-refractivity contribution in [3.63, 3.8) is 0 Å². The van der Waals surface area contributed by atoms with Gasteiger partial charge in [-0.2, -0.15) is 0 Å². The zero-order valence-corrected chi connectivity index (χ0v) is 19.6. The molecule has 0 radical (unpaired) electrons. The van der Waals surface area contributed by atoms with E-state index in [4.69, 9.17) is 0 Å². The van der Waals surface area contributed by atoms with E-state index in [2.05, 4.69) is 30.3 Å². The van der Waals surface area contributed by atoms with Crippen LogP contribution >= 0.6 is 11.3 Å². The van der Waals surface area contributed by atoms with Crippen LogP contribution in [0.5, 0.6) is 0 Å². The largest absolute Gasteiger partial charge is 0.477 e. The molecule has 1 fully saturated rings. The molecule has 1 saturated carbocycles. The molecule has 4 nitrogen and oxygen atoms in total. The van der Waals surface area contributed by atoms with E-state index in [0.717, 1.165) is 39.9 Å². The highest BCUT2D eigenvalue weighted by Crippen LogP contribution is 2.47. The number of nitrogens with zero attached hydrogens (tertiary/aromatic N) is 1. The minimum absolute atomic E-state index is 0.0641. The molecule has 0 bridgehead atoms. The van der Waals surface area contributed by atoms with Gasteiger partial charge in [0, 0.05) is 6.07 Å². The fourth-order valence-corrected chi connectivity index (χ4v) is 6.38. The Bertz CT molecular complexity index is 1650. The number of thiazole rings is 1. The van der Waals surface area contributed by atoms with Crippen LogP contribution in [0.3, 0.4) is 0 Å². The van der Waals surface area contributed by atoms with Crippen LogP contribution in [0.4, 0.5) is 0 Å². The van der Waals surface area contributed by atoms with Crippen LogP contribution in [-0.2, 0) is 6.42 Å². The van der Waals surface area contributed by atoms with Crippen LogP contribution in [0, 0.1) is 6.92 Å². The maximum Gasteiger partial charge on any atom is 0.354 e. The van der Waals surface area contributed by atoms with Gasteiger partial charge in [0.2, 0.25) is 0 Å². The third-order valence-electron chi connectivity index (χ3n) is 6.66. The Morgan fingerprint density at radius 1 is 1.00 bits per heavy atom. The van der Waals surface area contributed by atoms with Crippen molar-refractivity contribution < 1.29 is 9.90 Å². The van der Waals surface area contributed by atoms with Gasteiger partial charge in [0.25, 0.3) is 5.56 Å². The Hall–Kier alpha value is -3.70. The Labute approximate surface area is 200 Å². The van der Waals surface area contributed by atoms with Gasteiger partial charge in [-0.25, -0.2) is 4.79 Å². The number of carboxylic acid groups (broad SMARTS) is 1. The number of fused-ring (bicyclic) bond motifs is 2. The van der Waals surface area contributed by atoms with E-state index in [1.165, 1.54) is 32.1 Å². The van der Waals surface area contributed by atoms with Crippen molar-refractivity contribution in [3.8, 4) is 10.4 Å². The van der Waals surface area contributed by atoms with Gasteiger partial charge >= 0.3 is 5.97 Å². The first kappa shape index (κ1) is 20.9. The molecular weight excluding hydrogens is 442 g/mol. The van der Waals surface area contributed by atoms with Crippen molar-refractivity contribution >= 4 is 32.9 Å². The first-order chi connectivity index (χ1) is 16.5. The Morgan fingerprint density at radius 2 is 1.76 bits per heavy atom. The van der Waals surface area contributed by atoms with Crippen molar-refractivity contribution in [2.45, 2.75) is 32.1 Å². The molecule has 0 amide bonds. The van der Waals surface area contributed by atoms with E-state index < -0.39 is 5.97 Å². The fourth-order valence-electron chi connectivity index (χ4n) is 4.99. The van der Waals surface area contributed by atoms with Crippen LogP contribution < -0.4 is 5.56 Å². The molecular formula is C29H23NO3S. The lowest BCUT2D eigenvalue weighted by Crippen LogP contribution is -2.19. The third-order valence-corrected chi connectivity index (χ3v) is 7.89. The lowest BCUT2D eigenvalue weighted by molar-refractivity contribution is 0.0690. The van der Waals surface area contributed by atoms with Crippen molar-refractivity contribution in [2.24, 2.45) is 0 Å². The summed E-state index contributed by atoms with van der Waals surface area (Å²) in [4.78, 5) is 27.2. The smallest absolute Gasteiger partial charge is 0.354 e. The van der Waals surface area contributed by atoms with Gasteiger partial charge in [0.05, 0.1) is 4.88 Å². The SMILES string of the molecule is Cc1cccc(-c2sc3c(C4CC4)c(Cc4cccc5ccccc45)cc(=O)n3c2C(=O)O)c1. The molecule has 1 aliphatic carbocycles. The predicted molar refractivity (Wildman–Crippen MR) is 137 cm³/mol. The fraction of sp³-hybridized carbons (Fsp3) is 0.172. The van der Waals surface area contributed by atoms with E-state index in [-0.39, 0.29) is 11.3 Å². The van der Waals surface area contributed by atoms with Crippen LogP contribution in [0.1, 0.15) is 51.5 Å². The van der Waals surface area contributed by atoms with Gasteiger partial charge in [-0.3, -0.25) is 9.20 Å². The molecule has 0 spiro atoms. The van der Waals surface area contributed by atoms with Crippen molar-refractivity contribution in [3.05, 3.63) is 111 Å². The average molecular weight is 466 g/mol. The maximum atomic E-state index is 13.4. The van der Waals surface area contributed by atoms with Crippen molar-refractivity contribution in [1.29, 1.82) is 0 Å². The van der Waals surface area contributed by atoms with E-state index in [0.29, 0.717) is 17.2 Å². The third kappa shape index (κ3) is 3.44. The zero-order chi connectivity index (χ0) is 23.4. The highest BCUT2D eigenvalue weighted by molar-refractivity contribution is 7.21. The number of hydrogen-bond donors (Lipinski definition) is 1. The molecule has 5 aromatic rings. The number of benzene rings is 3. The monoisotopic (exact) mass is 465 g/mol. The molecule has 2 aromatic heterocycles. The summed E-state index contributed by atoms with van der Waals surface area (Å²) in [6, 6.07) is 24.1. The summed E-state index contributed by atoms with van der Waals surface area (Å²) in [5, 5.41) is 12.5. The van der Waals surface area contributed by atoms with E-state index in [1.54, 1.807) is 6.07 Å². The Balaban J connectivity index is 1.61. The van der Waals surface area contributed by atoms with Gasteiger partial charge in [-0.15, -0.1) is 11.3 Å². The number of aromatic carboxylic acids is 1. The molecule has 168 valence electrons. The minimum Gasteiger partial charge on any atom is -0.477 e. The predicted octanol–water partition coefficient (Wildman–Crippen LogP) is 6.66. The number of carbonyl (C=O) groups is 1. The first-order valence-electron chi connectivity index (χ1n) is 11.5. The summed E-state index contributed by atoms with van der Waals surface area (Å²) >= 11 is 1.43. The van der Waals surface area contributed by atoms with Gasteiger partial charge < -0.3 is 5.11 Å². The normalized spacial score (nSPS) is 13.6. The summed E-state index contributed by atoms with van der Waals surface area (Å²) in [5.74, 6) is -0.709. The molecule has 34 heavy (non-hydrogen) atoms. The van der Waals surface area contributed by atoms with Gasteiger partial charge in [-0.05, 0) is 65.1 Å². The number of aromatic nitrogens is 1. The number of carboxylic acids is 1. The molecule has 0 unspecified atom stereocenters. The molecule has 3 aromatic carbocycles. The van der Waals surface area contributed by atoms with Crippen LogP contribution in [0.15, 0.2) is 77.6 Å². The Kier molecular flexibility index (Phi) is 4.89. The van der Waals surface area contributed by atoms with Crippen molar-refractivity contribution in [2.75, 3.05) is 0 Å². The molecule has 5 heteroatoms. The molecule has 0 saturated heterocycles. The van der Waals surface area contributed by atoms with Crippen molar-refractivity contribution in [1.82, 2.24) is 4.40 Å². The van der Waals surface area contributed by atoms with E-state index >= 15 is 0 Å². The lowest BCUT2D eigenvalue weighted by Gasteiger charge is -2.13. The quantitative estimate of drug-likeness (QED) is 0.316. The summed E-state index contributed by atoms with van der Waals surface area (Å²) in [5.41, 5.74) is 5.01. The highest BCUT2D eigenvalue weighted by Gasteiger charge is 2.32. The number of aryl methyl sites for hydroxylation is 1. The molecule has 1 aliphatic rings. The zero-order valence-electron chi connectivity index (χ0n) is 18.7. The van der Waals surface area contributed by atoms with Gasteiger partial charge in [0.15, 0.2) is 5.69 Å². The average Bonchev–Trinajstić information content (AvgIpc) is 3.57. The van der Waals surface area contributed by atoms with Crippen LogP contribution in [0.25, 0.3) is 26.0 Å². The molecule has 6 rings (SSSR count). The summed E-state index contributed by atoms with van der Waals surface area (Å²) < 4.78 is 1.44. The van der Waals surface area contributed by atoms with Crippen LogP contribution in [-0.4, -0.2) is 15.5 Å². The minimum atomic E-state index is -1.08. The topological polar surface area (TPSA) is 58.8 Å². The van der Waals surface area contributed by atoms with Gasteiger partial charge in [0.1, 0.15) is 4.83 Å². The van der Waals surface area contributed by atoms with Gasteiger partial charge in [-0.1, -0.05) is 72.3 Å². The second kappa shape index (κ2) is 7.96. The van der Waals surface area contributed by atoms with E-state index in [9.17, 15) is 14.7 Å². The molecule has 1 N–H and O–H groups in total. The second-order valence-corrected chi connectivity index (χ2v) is 10.1. The van der Waals surface area contributed by atoms with Crippen LogP contribution in [0.2, 0.25) is 0 Å². The standard InChI is InChI=1S/C29H23NO3S/c1-17-6-4-10-21(14-17)27-26(29(32)33)30-24(31)16-22(25(19-12-13-19)28(30)34-27)15-20-9-5-8-18-7-2-3-11-23(18)20/h2-11,14,16,19H,12-13,15H2,1H3,(H,32,33). The molecule has 0 aliphatic heterocycles. The number of pyridine rings is 1. The maximum absolute atomic E-state index is 13.4. The molecule has 0 atom stereocenters. The van der Waals surface area contributed by atoms with E-state index in [1.807, 2.05) is 43.3 Å². The lowest BCUT2D eigenvalue weighted by atomic mass is 9.95. The first-order valence-corrected chi connectivity index (χ1v) is 12.3. The summed E-state index contributed by atoms with van der Waals surface area (Å²) in [7, 11) is 0. The Morgan fingerprint density at radius 3 is 2.53 bits per heavy atom. The number of rotatable bonds is 5.